The summed E-state index contributed by atoms with van der Waals surface area (Å²) in [5.74, 6) is 0. The normalized spacial score (nSPS) is 63.0. The Kier molecular flexibility index (Phi) is 2.11. The average Bonchev–Trinajstić information content (AvgIpc) is 2.83. The van der Waals surface area contributed by atoms with E-state index in [-0.39, 0.29) is 0 Å². The molecule has 82 valence electrons. The molecule has 2 aliphatic rings. The molecule has 2 rings (SSSR count). The van der Waals surface area contributed by atoms with Gasteiger partial charge in [-0.1, -0.05) is 0 Å². The summed E-state index contributed by atoms with van der Waals surface area (Å²) in [5.41, 5.74) is -1.32. The summed E-state index contributed by atoms with van der Waals surface area (Å²) < 4.78 is 5.03. The fourth-order valence-corrected chi connectivity index (χ4v) is 2.18. The van der Waals surface area contributed by atoms with E-state index in [0.29, 0.717) is 0 Å². The van der Waals surface area contributed by atoms with Crippen molar-refractivity contribution in [2.45, 2.75) is 49.1 Å². The minimum Gasteiger partial charge on any atom is -0.387 e. The summed E-state index contributed by atoms with van der Waals surface area (Å²) in [6.45, 7) is 1.61. The largest absolute Gasteiger partial charge is 0.387 e. The van der Waals surface area contributed by atoms with Crippen LogP contribution in [0, 0.1) is 0 Å². The number of ether oxygens (including phenoxy) is 1. The number of rotatable bonds is 0. The van der Waals surface area contributed by atoms with E-state index in [9.17, 15) is 25.5 Å². The van der Waals surface area contributed by atoms with Gasteiger partial charge in [-0.05, 0) is 6.92 Å². The second kappa shape index (κ2) is 2.88. The molecule has 1 saturated heterocycles. The van der Waals surface area contributed by atoms with Gasteiger partial charge in [0.05, 0.1) is 6.10 Å². The molecule has 6 nitrogen and oxygen atoms in total. The molecule has 0 radical (unpaired) electrons. The first-order valence-electron chi connectivity index (χ1n) is 4.51. The summed E-state index contributed by atoms with van der Waals surface area (Å²) >= 11 is 0. The van der Waals surface area contributed by atoms with E-state index in [1.165, 1.54) is 0 Å². The van der Waals surface area contributed by atoms with Crippen molar-refractivity contribution in [2.24, 2.45) is 0 Å². The molecule has 0 aromatic heterocycles. The van der Waals surface area contributed by atoms with Crippen LogP contribution in [0.2, 0.25) is 0 Å². The lowest BCUT2D eigenvalue weighted by molar-refractivity contribution is -0.209. The first-order chi connectivity index (χ1) is 6.43. The second-order valence-corrected chi connectivity index (χ2v) is 3.98. The molecule has 1 aliphatic heterocycles. The van der Waals surface area contributed by atoms with Gasteiger partial charge in [-0.3, -0.25) is 0 Å². The SMILES string of the molecule is CC1OC12[C@H](O)[C@@H](O)C(O)[C@@H](O)[C@@H]2O. The van der Waals surface area contributed by atoms with Crippen molar-refractivity contribution in [3.05, 3.63) is 0 Å². The molecule has 0 aromatic rings. The lowest BCUT2D eigenvalue weighted by Crippen LogP contribution is -2.66. The third-order valence-electron chi connectivity index (χ3n) is 3.23. The fourth-order valence-electron chi connectivity index (χ4n) is 2.18. The minimum atomic E-state index is -1.55. The fraction of sp³-hybridized carbons (Fsp3) is 1.00. The van der Waals surface area contributed by atoms with Crippen LogP contribution in [0.5, 0.6) is 0 Å². The third kappa shape index (κ3) is 1.01. The average molecular weight is 206 g/mol. The van der Waals surface area contributed by atoms with Crippen molar-refractivity contribution in [1.82, 2.24) is 0 Å². The standard InChI is InChI=1S/C8H14O6/c1-2-8(14-2)6(12)4(10)3(9)5(11)7(8)13/h2-7,9-13H,1H3/t2?,3?,4-,5+,6+,7-,8?. The molecule has 0 bridgehead atoms. The van der Waals surface area contributed by atoms with Crippen LogP contribution in [-0.2, 0) is 4.74 Å². The molecular formula is C8H14O6. The number of hydrogen-bond acceptors (Lipinski definition) is 6. The number of hydrogen-bond donors (Lipinski definition) is 5. The molecule has 5 N–H and O–H groups in total. The van der Waals surface area contributed by atoms with E-state index in [0.717, 1.165) is 0 Å². The van der Waals surface area contributed by atoms with Crippen molar-refractivity contribution in [3.63, 3.8) is 0 Å². The summed E-state index contributed by atoms with van der Waals surface area (Å²) in [7, 11) is 0. The first kappa shape index (κ1) is 10.3. The van der Waals surface area contributed by atoms with Crippen molar-refractivity contribution in [1.29, 1.82) is 0 Å². The lowest BCUT2D eigenvalue weighted by atomic mass is 9.76. The molecule has 1 spiro atoms. The molecule has 1 saturated carbocycles. The van der Waals surface area contributed by atoms with Crippen molar-refractivity contribution >= 4 is 0 Å². The van der Waals surface area contributed by atoms with Crippen LogP contribution in [0.1, 0.15) is 6.92 Å². The Morgan fingerprint density at radius 2 is 1.21 bits per heavy atom. The lowest BCUT2D eigenvalue weighted by Gasteiger charge is -2.40. The van der Waals surface area contributed by atoms with Crippen molar-refractivity contribution in [2.75, 3.05) is 0 Å². The van der Waals surface area contributed by atoms with Crippen LogP contribution in [-0.4, -0.2) is 67.8 Å². The summed E-state index contributed by atoms with van der Waals surface area (Å²) in [5, 5.41) is 47.2. The van der Waals surface area contributed by atoms with Gasteiger partial charge in [0.2, 0.25) is 0 Å². The van der Waals surface area contributed by atoms with Crippen molar-refractivity contribution in [3.8, 4) is 0 Å². The van der Waals surface area contributed by atoms with Gasteiger partial charge < -0.3 is 30.3 Å². The van der Waals surface area contributed by atoms with E-state index in [2.05, 4.69) is 0 Å². The van der Waals surface area contributed by atoms with Crippen LogP contribution < -0.4 is 0 Å². The zero-order valence-corrected chi connectivity index (χ0v) is 7.61. The van der Waals surface area contributed by atoms with Gasteiger partial charge >= 0.3 is 0 Å². The zero-order chi connectivity index (χ0) is 10.7. The van der Waals surface area contributed by atoms with Crippen LogP contribution in [0.4, 0.5) is 0 Å². The third-order valence-corrected chi connectivity index (χ3v) is 3.23. The van der Waals surface area contributed by atoms with E-state index in [1.54, 1.807) is 6.92 Å². The quantitative estimate of drug-likeness (QED) is 0.269. The van der Waals surface area contributed by atoms with E-state index in [4.69, 9.17) is 4.74 Å². The van der Waals surface area contributed by atoms with Gasteiger partial charge in [0.15, 0.2) is 5.60 Å². The Bertz CT molecular complexity index is 228. The Balaban J connectivity index is 2.27. The molecule has 0 aromatic carbocycles. The maximum atomic E-state index is 9.59. The predicted octanol–water partition coefficient (Wildman–Crippen LogP) is -3.04. The molecule has 14 heavy (non-hydrogen) atoms. The van der Waals surface area contributed by atoms with Gasteiger partial charge in [-0.2, -0.15) is 0 Å². The van der Waals surface area contributed by atoms with Crippen LogP contribution in [0.25, 0.3) is 0 Å². The van der Waals surface area contributed by atoms with E-state index >= 15 is 0 Å². The van der Waals surface area contributed by atoms with Gasteiger partial charge in [-0.25, -0.2) is 0 Å². The van der Waals surface area contributed by atoms with Crippen LogP contribution in [0.3, 0.4) is 0 Å². The maximum Gasteiger partial charge on any atom is 0.151 e. The summed E-state index contributed by atoms with van der Waals surface area (Å²) in [6, 6.07) is 0. The maximum absolute atomic E-state index is 9.59. The smallest absolute Gasteiger partial charge is 0.151 e. The molecular weight excluding hydrogens is 192 g/mol. The monoisotopic (exact) mass is 206 g/mol. The second-order valence-electron chi connectivity index (χ2n) is 3.98. The number of aliphatic hydroxyl groups is 5. The topological polar surface area (TPSA) is 114 Å². The molecule has 0 amide bonds. The van der Waals surface area contributed by atoms with Crippen molar-refractivity contribution < 1.29 is 30.3 Å². The highest BCUT2D eigenvalue weighted by atomic mass is 16.6. The van der Waals surface area contributed by atoms with E-state index < -0.39 is 42.2 Å². The Morgan fingerprint density at radius 3 is 1.50 bits per heavy atom. The molecule has 6 heteroatoms. The zero-order valence-electron chi connectivity index (χ0n) is 7.61. The Labute approximate surface area is 80.4 Å². The molecule has 2 fully saturated rings. The minimum absolute atomic E-state index is 0.440. The predicted molar refractivity (Wildman–Crippen MR) is 43.3 cm³/mol. The van der Waals surface area contributed by atoms with Gasteiger partial charge in [-0.15, -0.1) is 0 Å². The van der Waals surface area contributed by atoms with Gasteiger partial charge in [0.1, 0.15) is 30.5 Å². The summed E-state index contributed by atoms with van der Waals surface area (Å²) in [6.07, 6.45) is -7.76. The Morgan fingerprint density at radius 1 is 0.857 bits per heavy atom. The highest BCUT2D eigenvalue weighted by Crippen LogP contribution is 2.48. The van der Waals surface area contributed by atoms with Crippen LogP contribution >= 0.6 is 0 Å². The van der Waals surface area contributed by atoms with Gasteiger partial charge in [0, 0.05) is 0 Å². The Hall–Kier alpha value is -0.240. The highest BCUT2D eigenvalue weighted by molar-refractivity contribution is 5.19. The number of epoxide rings is 1. The molecule has 3 unspecified atom stereocenters. The first-order valence-corrected chi connectivity index (χ1v) is 4.51. The molecule has 1 heterocycles. The van der Waals surface area contributed by atoms with Gasteiger partial charge in [0.25, 0.3) is 0 Å². The van der Waals surface area contributed by atoms with E-state index in [1.807, 2.05) is 0 Å². The summed E-state index contributed by atoms with van der Waals surface area (Å²) in [4.78, 5) is 0. The number of aliphatic hydroxyl groups excluding tert-OH is 5. The molecule has 1 aliphatic carbocycles. The highest BCUT2D eigenvalue weighted by Gasteiger charge is 2.71. The van der Waals surface area contributed by atoms with Crippen LogP contribution in [0.15, 0.2) is 0 Å². The molecule has 7 atom stereocenters.